The third-order valence-electron chi connectivity index (χ3n) is 4.79. The van der Waals surface area contributed by atoms with Gasteiger partial charge in [0.25, 0.3) is 0 Å². The minimum absolute atomic E-state index is 0.101. The second-order valence-corrected chi connectivity index (χ2v) is 7.25. The Bertz CT molecular complexity index is 740. The van der Waals surface area contributed by atoms with Crippen LogP contribution in [-0.2, 0) is 16.0 Å². The first-order valence-corrected chi connectivity index (χ1v) is 8.87. The maximum absolute atomic E-state index is 12.5. The van der Waals surface area contributed by atoms with Crippen LogP contribution in [0.1, 0.15) is 48.5 Å². The number of allylic oxidation sites excluding steroid dienone is 2. The molecule has 0 bridgehead atoms. The highest BCUT2D eigenvalue weighted by atomic mass is 35.5. The highest BCUT2D eigenvalue weighted by molar-refractivity contribution is 6.33. The zero-order valence-corrected chi connectivity index (χ0v) is 14.8. The van der Waals surface area contributed by atoms with Gasteiger partial charge < -0.3 is 14.9 Å². The van der Waals surface area contributed by atoms with E-state index in [9.17, 15) is 19.8 Å². The highest BCUT2D eigenvalue weighted by Crippen LogP contribution is 2.44. The smallest absolute Gasteiger partial charge is 0.342 e. The number of carbonyl (C=O) groups excluding carboxylic acids is 2. The average molecular weight is 365 g/mol. The van der Waals surface area contributed by atoms with E-state index in [1.165, 1.54) is 0 Å². The summed E-state index contributed by atoms with van der Waals surface area (Å²) in [6, 6.07) is 1.00. The molecule has 1 saturated carbocycles. The molecule has 1 aromatic carbocycles. The van der Waals surface area contributed by atoms with Gasteiger partial charge in [0.05, 0.1) is 11.1 Å². The number of esters is 1. The Kier molecular flexibility index (Phi) is 5.04. The zero-order valence-electron chi connectivity index (χ0n) is 14.0. The molecule has 6 heteroatoms. The van der Waals surface area contributed by atoms with Crippen molar-refractivity contribution in [1.82, 2.24) is 0 Å². The topological polar surface area (TPSA) is 83.8 Å². The second kappa shape index (κ2) is 7.08. The summed E-state index contributed by atoms with van der Waals surface area (Å²) in [5.74, 6) is -0.672. The van der Waals surface area contributed by atoms with Crippen molar-refractivity contribution < 1.29 is 24.5 Å². The molecule has 0 spiro atoms. The fourth-order valence-electron chi connectivity index (χ4n) is 3.37. The summed E-state index contributed by atoms with van der Waals surface area (Å²) in [6.07, 6.45) is 6.46. The van der Waals surface area contributed by atoms with Gasteiger partial charge in [0.15, 0.2) is 0 Å². The molecular weight excluding hydrogens is 344 g/mol. The molecule has 0 saturated heterocycles. The van der Waals surface area contributed by atoms with E-state index in [0.717, 1.165) is 18.9 Å². The molecule has 1 aliphatic carbocycles. The van der Waals surface area contributed by atoms with Crippen molar-refractivity contribution in [2.45, 2.75) is 45.1 Å². The molecule has 0 aromatic heterocycles. The molecule has 3 rings (SSSR count). The van der Waals surface area contributed by atoms with Crippen molar-refractivity contribution in [2.75, 3.05) is 0 Å². The number of aromatic hydroxyl groups is 2. The lowest BCUT2D eigenvalue weighted by Crippen LogP contribution is -2.19. The van der Waals surface area contributed by atoms with E-state index in [2.05, 4.69) is 6.08 Å². The van der Waals surface area contributed by atoms with Crippen LogP contribution < -0.4 is 0 Å². The molecule has 1 aliphatic heterocycles. The van der Waals surface area contributed by atoms with Gasteiger partial charge in [-0.3, -0.25) is 4.79 Å². The lowest BCUT2D eigenvalue weighted by molar-refractivity contribution is -0.118. The van der Waals surface area contributed by atoms with Gasteiger partial charge in [-0.15, -0.1) is 0 Å². The molecule has 2 aliphatic rings. The number of fused-ring (bicyclic) bond motifs is 2. The van der Waals surface area contributed by atoms with E-state index in [1.807, 2.05) is 13.0 Å². The molecule has 0 unspecified atom stereocenters. The number of carbonyl (C=O) groups is 2. The van der Waals surface area contributed by atoms with Crippen LogP contribution >= 0.6 is 11.6 Å². The van der Waals surface area contributed by atoms with Crippen molar-refractivity contribution in [1.29, 1.82) is 0 Å². The number of Topliss-reactive ketones (excluding diaryl/α,β-unsaturated/α-hetero) is 1. The van der Waals surface area contributed by atoms with E-state index in [4.69, 9.17) is 16.3 Å². The number of rotatable bonds is 0. The molecular formula is C19H21ClO5. The van der Waals surface area contributed by atoms with Crippen LogP contribution in [-0.4, -0.2) is 28.1 Å². The predicted molar refractivity (Wildman–Crippen MR) is 93.0 cm³/mol. The minimum Gasteiger partial charge on any atom is -0.507 e. The van der Waals surface area contributed by atoms with Gasteiger partial charge in [-0.2, -0.15) is 0 Å². The summed E-state index contributed by atoms with van der Waals surface area (Å²) in [7, 11) is 0. The molecule has 1 aromatic rings. The van der Waals surface area contributed by atoms with E-state index < -0.39 is 11.7 Å². The van der Waals surface area contributed by atoms with Crippen LogP contribution in [0.3, 0.4) is 0 Å². The van der Waals surface area contributed by atoms with Crippen molar-refractivity contribution in [3.05, 3.63) is 34.4 Å². The number of ether oxygens (including phenoxy) is 1. The number of benzene rings is 1. The predicted octanol–water partition coefficient (Wildman–Crippen LogP) is 3.78. The molecule has 2 N–H and O–H groups in total. The minimum atomic E-state index is -0.723. The first-order valence-electron chi connectivity index (χ1n) is 8.49. The number of ketones is 1. The lowest BCUT2D eigenvalue weighted by Gasteiger charge is -2.17. The molecule has 0 amide bonds. The van der Waals surface area contributed by atoms with Crippen LogP contribution in [0.25, 0.3) is 0 Å². The average Bonchev–Trinajstić information content (AvgIpc) is 3.25. The van der Waals surface area contributed by atoms with Crippen LogP contribution in [0.4, 0.5) is 0 Å². The second-order valence-electron chi connectivity index (χ2n) is 6.88. The molecule has 0 radical (unpaired) electrons. The van der Waals surface area contributed by atoms with Gasteiger partial charge in [0, 0.05) is 24.5 Å². The third kappa shape index (κ3) is 3.98. The largest absolute Gasteiger partial charge is 0.507 e. The quantitative estimate of drug-likeness (QED) is 0.540. The maximum Gasteiger partial charge on any atom is 0.342 e. The van der Waals surface area contributed by atoms with Gasteiger partial charge in [-0.1, -0.05) is 23.8 Å². The Labute approximate surface area is 151 Å². The Morgan fingerprint density at radius 3 is 2.72 bits per heavy atom. The van der Waals surface area contributed by atoms with Gasteiger partial charge in [0.2, 0.25) is 0 Å². The molecule has 1 fully saturated rings. The standard InChI is InChI=1S/C19H21ClO5/c1-10-6-12-7-11(12)4-2-3-5-13(21)8-14-17(19(24)25-10)15(22)9-16(23)18(14)20/h2,4,9-12,22-23H,3,5-8H2,1H3/t10-,11+,12+/m1/s1. The Morgan fingerprint density at radius 2 is 1.96 bits per heavy atom. The molecule has 5 nitrogen and oxygen atoms in total. The molecule has 3 atom stereocenters. The van der Waals surface area contributed by atoms with Crippen LogP contribution in [0.2, 0.25) is 5.02 Å². The number of hydrogen-bond acceptors (Lipinski definition) is 5. The van der Waals surface area contributed by atoms with Crippen LogP contribution in [0.5, 0.6) is 11.5 Å². The number of phenolic OH excluding ortho intramolecular Hbond substituents is 2. The van der Waals surface area contributed by atoms with Gasteiger partial charge in [0.1, 0.15) is 22.8 Å². The summed E-state index contributed by atoms with van der Waals surface area (Å²) in [4.78, 5) is 24.8. The Balaban J connectivity index is 1.96. The first-order chi connectivity index (χ1) is 11.9. The summed E-state index contributed by atoms with van der Waals surface area (Å²) >= 11 is 6.10. The lowest BCUT2D eigenvalue weighted by atomic mass is 9.98. The normalized spacial score (nSPS) is 27.0. The fraction of sp³-hybridized carbons (Fsp3) is 0.474. The van der Waals surface area contributed by atoms with E-state index >= 15 is 0 Å². The van der Waals surface area contributed by atoms with E-state index in [1.54, 1.807) is 0 Å². The third-order valence-corrected chi connectivity index (χ3v) is 5.21. The molecule has 1 heterocycles. The van der Waals surface area contributed by atoms with E-state index in [-0.39, 0.29) is 40.2 Å². The highest BCUT2D eigenvalue weighted by Gasteiger charge is 2.37. The monoisotopic (exact) mass is 364 g/mol. The number of hydrogen-bond donors (Lipinski definition) is 2. The van der Waals surface area contributed by atoms with E-state index in [0.29, 0.717) is 24.7 Å². The van der Waals surface area contributed by atoms with Crippen LogP contribution in [0.15, 0.2) is 18.2 Å². The van der Waals surface area contributed by atoms with Gasteiger partial charge in [-0.25, -0.2) is 4.79 Å². The zero-order chi connectivity index (χ0) is 18.1. The number of cyclic esters (lactones) is 1. The van der Waals surface area contributed by atoms with Crippen molar-refractivity contribution >= 4 is 23.4 Å². The summed E-state index contributed by atoms with van der Waals surface area (Å²) in [6.45, 7) is 1.81. The number of phenols is 2. The maximum atomic E-state index is 12.5. The van der Waals surface area contributed by atoms with Crippen molar-refractivity contribution in [2.24, 2.45) is 11.8 Å². The molecule has 134 valence electrons. The van der Waals surface area contributed by atoms with Gasteiger partial charge >= 0.3 is 5.97 Å². The first kappa shape index (κ1) is 17.8. The molecule has 25 heavy (non-hydrogen) atoms. The Morgan fingerprint density at radius 1 is 1.20 bits per heavy atom. The Hall–Kier alpha value is -2.01. The van der Waals surface area contributed by atoms with Crippen LogP contribution in [0, 0.1) is 11.8 Å². The number of halogens is 1. The summed E-state index contributed by atoms with van der Waals surface area (Å²) in [5.41, 5.74) is -0.0188. The van der Waals surface area contributed by atoms with Crippen molar-refractivity contribution in [3.63, 3.8) is 0 Å². The summed E-state index contributed by atoms with van der Waals surface area (Å²) in [5, 5.41) is 19.9. The SMILES string of the molecule is C[C@@H]1C[C@H]2C[C@@H]2C=CCCC(=O)Cc2c(Cl)c(O)cc(O)c2C(=O)O1. The van der Waals surface area contributed by atoms with Crippen molar-refractivity contribution in [3.8, 4) is 11.5 Å². The summed E-state index contributed by atoms with van der Waals surface area (Å²) < 4.78 is 5.46. The van der Waals surface area contributed by atoms with Gasteiger partial charge in [-0.05, 0) is 38.0 Å². The fourth-order valence-corrected chi connectivity index (χ4v) is 3.59.